The first-order chi connectivity index (χ1) is 14.5. The van der Waals surface area contributed by atoms with Crippen LogP contribution in [-0.2, 0) is 6.54 Å². The fourth-order valence-corrected chi connectivity index (χ4v) is 3.12. The lowest BCUT2D eigenvalue weighted by Gasteiger charge is -2.23. The molecule has 1 aliphatic heterocycles. The number of hydrogen-bond donors (Lipinski definition) is 0. The molecule has 2 heterocycles. The van der Waals surface area contributed by atoms with E-state index in [1.54, 1.807) is 23.1 Å². The summed E-state index contributed by atoms with van der Waals surface area (Å²) >= 11 is 0. The van der Waals surface area contributed by atoms with E-state index in [1.165, 1.54) is 12.1 Å². The van der Waals surface area contributed by atoms with Crippen LogP contribution in [-0.4, -0.2) is 54.8 Å². The average Bonchev–Trinajstić information content (AvgIpc) is 3.40. The molecule has 1 amide bonds. The molecule has 4 rings (SSSR count). The van der Waals surface area contributed by atoms with E-state index in [4.69, 9.17) is 14.0 Å². The Bertz CT molecular complexity index is 1030. The summed E-state index contributed by atoms with van der Waals surface area (Å²) in [5.41, 5.74) is 1.78. The molecule has 1 aliphatic rings. The van der Waals surface area contributed by atoms with Crippen LogP contribution < -0.4 is 9.47 Å². The summed E-state index contributed by atoms with van der Waals surface area (Å²) in [7, 11) is 3.90. The summed E-state index contributed by atoms with van der Waals surface area (Å²) in [6.07, 6.45) is 0. The number of carbonyl (C=O) groups is 1. The average molecular weight is 411 g/mol. The number of carbonyl (C=O) groups excluding carboxylic acids is 1. The lowest BCUT2D eigenvalue weighted by atomic mass is 10.1. The van der Waals surface area contributed by atoms with Crippen LogP contribution in [0.3, 0.4) is 0 Å². The summed E-state index contributed by atoms with van der Waals surface area (Å²) < 4.78 is 29.3. The normalized spacial score (nSPS) is 12.4. The Morgan fingerprint density at radius 2 is 1.80 bits per heavy atom. The van der Waals surface area contributed by atoms with Crippen molar-refractivity contribution in [3.05, 3.63) is 65.6 Å². The highest BCUT2D eigenvalue weighted by Gasteiger charge is 2.22. The van der Waals surface area contributed by atoms with Gasteiger partial charge >= 0.3 is 0 Å². The Morgan fingerprint density at radius 3 is 2.57 bits per heavy atom. The SMILES string of the molecule is CN(C)CCN(Cc1ccc2c(c1)OCO2)C(=O)c1cc(-c2ccc(F)cc2)on1. The Balaban J connectivity index is 1.54. The highest BCUT2D eigenvalue weighted by atomic mass is 19.1. The molecular weight excluding hydrogens is 389 g/mol. The van der Waals surface area contributed by atoms with Crippen LogP contribution in [0.5, 0.6) is 11.5 Å². The predicted octanol–water partition coefficient (Wildman–Crippen LogP) is 3.41. The maximum absolute atomic E-state index is 13.2. The molecule has 0 unspecified atom stereocenters. The van der Waals surface area contributed by atoms with Crippen LogP contribution in [0.4, 0.5) is 4.39 Å². The highest BCUT2D eigenvalue weighted by Crippen LogP contribution is 2.33. The van der Waals surface area contributed by atoms with Crippen molar-refractivity contribution in [2.45, 2.75) is 6.54 Å². The molecule has 0 bridgehead atoms. The summed E-state index contributed by atoms with van der Waals surface area (Å²) in [6, 6.07) is 13.1. The number of nitrogens with zero attached hydrogens (tertiary/aromatic N) is 3. The number of benzene rings is 2. The lowest BCUT2D eigenvalue weighted by Crippen LogP contribution is -2.36. The van der Waals surface area contributed by atoms with Crippen molar-refractivity contribution in [3.63, 3.8) is 0 Å². The molecule has 0 atom stereocenters. The molecule has 0 aliphatic carbocycles. The lowest BCUT2D eigenvalue weighted by molar-refractivity contribution is 0.0721. The van der Waals surface area contributed by atoms with Crippen molar-refractivity contribution < 1.29 is 23.2 Å². The molecule has 0 radical (unpaired) electrons. The molecular formula is C22H22FN3O4. The van der Waals surface area contributed by atoms with Crippen molar-refractivity contribution in [1.29, 1.82) is 0 Å². The zero-order valence-corrected chi connectivity index (χ0v) is 16.8. The van der Waals surface area contributed by atoms with E-state index in [1.807, 2.05) is 37.2 Å². The van der Waals surface area contributed by atoms with Gasteiger partial charge in [0.2, 0.25) is 6.79 Å². The first kappa shape index (κ1) is 19.9. The molecule has 8 heteroatoms. The van der Waals surface area contributed by atoms with Crippen molar-refractivity contribution >= 4 is 5.91 Å². The van der Waals surface area contributed by atoms with Crippen molar-refractivity contribution in [2.24, 2.45) is 0 Å². The fourth-order valence-electron chi connectivity index (χ4n) is 3.12. The summed E-state index contributed by atoms with van der Waals surface area (Å²) in [6.45, 7) is 1.80. The standard InChI is InChI=1S/C22H22FN3O4/c1-25(2)9-10-26(13-15-3-8-19-21(11-15)29-14-28-19)22(27)18-12-20(30-24-18)16-4-6-17(23)7-5-16/h3-8,11-12H,9-10,13-14H2,1-2H3. The number of ether oxygens (including phenoxy) is 2. The van der Waals surface area contributed by atoms with Crippen LogP contribution in [0.25, 0.3) is 11.3 Å². The minimum Gasteiger partial charge on any atom is -0.454 e. The number of hydrogen-bond acceptors (Lipinski definition) is 6. The van der Waals surface area contributed by atoms with Crippen LogP contribution in [0, 0.1) is 5.82 Å². The van der Waals surface area contributed by atoms with Gasteiger partial charge < -0.3 is 23.8 Å². The minimum atomic E-state index is -0.340. The van der Waals surface area contributed by atoms with Crippen LogP contribution in [0.1, 0.15) is 16.1 Å². The van der Waals surface area contributed by atoms with E-state index in [9.17, 15) is 9.18 Å². The second-order valence-corrected chi connectivity index (χ2v) is 7.30. The zero-order valence-electron chi connectivity index (χ0n) is 16.8. The van der Waals surface area contributed by atoms with E-state index in [-0.39, 0.29) is 24.2 Å². The van der Waals surface area contributed by atoms with Gasteiger partial charge in [-0.2, -0.15) is 0 Å². The topological polar surface area (TPSA) is 68.0 Å². The van der Waals surface area contributed by atoms with Crippen LogP contribution in [0.2, 0.25) is 0 Å². The minimum absolute atomic E-state index is 0.202. The number of halogens is 1. The van der Waals surface area contributed by atoms with Crippen LogP contribution >= 0.6 is 0 Å². The first-order valence-corrected chi connectivity index (χ1v) is 9.55. The Kier molecular flexibility index (Phi) is 5.67. The van der Waals surface area contributed by atoms with Crippen LogP contribution in [0.15, 0.2) is 53.1 Å². The summed E-state index contributed by atoms with van der Waals surface area (Å²) in [5.74, 6) is 1.20. The van der Waals surface area contributed by atoms with Gasteiger partial charge in [0.1, 0.15) is 5.82 Å². The van der Waals surface area contributed by atoms with Gasteiger partial charge in [0, 0.05) is 31.3 Å². The van der Waals surface area contributed by atoms with Gasteiger partial charge in [-0.25, -0.2) is 4.39 Å². The second kappa shape index (κ2) is 8.54. The molecule has 7 nitrogen and oxygen atoms in total. The Morgan fingerprint density at radius 1 is 1.03 bits per heavy atom. The number of fused-ring (bicyclic) bond motifs is 1. The Hall–Kier alpha value is -3.39. The summed E-state index contributed by atoms with van der Waals surface area (Å²) in [5, 5.41) is 3.94. The van der Waals surface area contributed by atoms with Gasteiger partial charge in [-0.15, -0.1) is 0 Å². The van der Waals surface area contributed by atoms with Gasteiger partial charge in [-0.05, 0) is 56.1 Å². The molecule has 0 fully saturated rings. The number of aromatic nitrogens is 1. The fraction of sp³-hybridized carbons (Fsp3) is 0.273. The third-order valence-electron chi connectivity index (χ3n) is 4.77. The monoisotopic (exact) mass is 411 g/mol. The maximum atomic E-state index is 13.2. The molecule has 1 aromatic heterocycles. The van der Waals surface area contributed by atoms with E-state index in [2.05, 4.69) is 5.16 Å². The molecule has 156 valence electrons. The van der Waals surface area contributed by atoms with Gasteiger partial charge in [0.15, 0.2) is 23.0 Å². The third-order valence-corrected chi connectivity index (χ3v) is 4.77. The molecule has 0 spiro atoms. The highest BCUT2D eigenvalue weighted by molar-refractivity contribution is 5.93. The molecule has 30 heavy (non-hydrogen) atoms. The van der Waals surface area contributed by atoms with Crippen molar-refractivity contribution in [2.75, 3.05) is 34.0 Å². The van der Waals surface area contributed by atoms with E-state index in [0.29, 0.717) is 42.5 Å². The van der Waals surface area contributed by atoms with E-state index >= 15 is 0 Å². The number of rotatable bonds is 7. The molecule has 0 saturated carbocycles. The molecule has 3 aromatic rings. The molecule has 0 saturated heterocycles. The molecule has 2 aromatic carbocycles. The van der Waals surface area contributed by atoms with Gasteiger partial charge in [0.25, 0.3) is 5.91 Å². The van der Waals surface area contributed by atoms with Crippen molar-refractivity contribution in [1.82, 2.24) is 15.0 Å². The first-order valence-electron chi connectivity index (χ1n) is 9.55. The smallest absolute Gasteiger partial charge is 0.276 e. The summed E-state index contributed by atoms with van der Waals surface area (Å²) in [4.78, 5) is 16.9. The van der Waals surface area contributed by atoms with E-state index < -0.39 is 0 Å². The third kappa shape index (κ3) is 4.44. The second-order valence-electron chi connectivity index (χ2n) is 7.30. The van der Waals surface area contributed by atoms with Gasteiger partial charge in [-0.3, -0.25) is 4.79 Å². The maximum Gasteiger partial charge on any atom is 0.276 e. The zero-order chi connectivity index (χ0) is 21.1. The number of amides is 1. The van der Waals surface area contributed by atoms with Crippen molar-refractivity contribution in [3.8, 4) is 22.8 Å². The van der Waals surface area contributed by atoms with E-state index in [0.717, 1.165) is 5.56 Å². The quantitative estimate of drug-likeness (QED) is 0.594. The van der Waals surface area contributed by atoms with Gasteiger partial charge in [0.05, 0.1) is 0 Å². The van der Waals surface area contributed by atoms with Gasteiger partial charge in [-0.1, -0.05) is 11.2 Å². The molecule has 0 N–H and O–H groups in total. The number of likely N-dealkylation sites (N-methyl/N-ethyl adjacent to an activating group) is 1. The largest absolute Gasteiger partial charge is 0.454 e. The predicted molar refractivity (Wildman–Crippen MR) is 108 cm³/mol. The Labute approximate surface area is 173 Å².